The van der Waals surface area contributed by atoms with E-state index >= 15 is 0 Å². The summed E-state index contributed by atoms with van der Waals surface area (Å²) in [7, 11) is 0. The first-order valence-electron chi connectivity index (χ1n) is 6.85. The molecule has 0 atom stereocenters. The van der Waals surface area contributed by atoms with Crippen molar-refractivity contribution in [3.8, 4) is 11.4 Å². The molecule has 0 aliphatic rings. The predicted octanol–water partition coefficient (Wildman–Crippen LogP) is 2.16. The summed E-state index contributed by atoms with van der Waals surface area (Å²) in [6.45, 7) is 4.95. The second kappa shape index (κ2) is 7.17. The standard InChI is InChI=1S/C14H18ClN5O/c1-10(2)6-7-16-13(21)9-20-18-14(17-19-20)11-4-3-5-12(15)8-11/h3-5,8,10H,6-7,9H2,1-2H3,(H,16,21). The Hall–Kier alpha value is -1.95. The predicted molar refractivity (Wildman–Crippen MR) is 80.7 cm³/mol. The Kier molecular flexibility index (Phi) is 5.27. The minimum Gasteiger partial charge on any atom is -0.354 e. The van der Waals surface area contributed by atoms with Crippen molar-refractivity contribution in [1.82, 2.24) is 25.5 Å². The van der Waals surface area contributed by atoms with Gasteiger partial charge in [0.15, 0.2) is 0 Å². The summed E-state index contributed by atoms with van der Waals surface area (Å²) in [6, 6.07) is 7.19. The Morgan fingerprint density at radius 3 is 2.95 bits per heavy atom. The summed E-state index contributed by atoms with van der Waals surface area (Å²) in [5.41, 5.74) is 0.772. The summed E-state index contributed by atoms with van der Waals surface area (Å²) in [4.78, 5) is 13.0. The molecule has 6 nitrogen and oxygen atoms in total. The number of hydrogen-bond acceptors (Lipinski definition) is 4. The van der Waals surface area contributed by atoms with Crippen LogP contribution in [0.4, 0.5) is 0 Å². The third-order valence-electron chi connectivity index (χ3n) is 2.86. The summed E-state index contributed by atoms with van der Waals surface area (Å²) in [5.74, 6) is 0.891. The van der Waals surface area contributed by atoms with Gasteiger partial charge in [-0.2, -0.15) is 4.80 Å². The maximum atomic E-state index is 11.7. The van der Waals surface area contributed by atoms with Gasteiger partial charge < -0.3 is 5.32 Å². The van der Waals surface area contributed by atoms with Crippen molar-refractivity contribution in [3.05, 3.63) is 29.3 Å². The molecule has 0 bridgehead atoms. The first-order valence-corrected chi connectivity index (χ1v) is 7.23. The van der Waals surface area contributed by atoms with Gasteiger partial charge >= 0.3 is 0 Å². The fourth-order valence-corrected chi connectivity index (χ4v) is 1.93. The van der Waals surface area contributed by atoms with Gasteiger partial charge in [-0.05, 0) is 29.7 Å². The van der Waals surface area contributed by atoms with Crippen molar-refractivity contribution < 1.29 is 4.79 Å². The van der Waals surface area contributed by atoms with Gasteiger partial charge in [0.2, 0.25) is 11.7 Å². The van der Waals surface area contributed by atoms with E-state index in [-0.39, 0.29) is 12.5 Å². The first-order chi connectivity index (χ1) is 10.0. The highest BCUT2D eigenvalue weighted by Gasteiger charge is 2.09. The third-order valence-corrected chi connectivity index (χ3v) is 3.10. The molecule has 21 heavy (non-hydrogen) atoms. The average molecular weight is 308 g/mol. The zero-order valence-corrected chi connectivity index (χ0v) is 12.8. The number of benzene rings is 1. The largest absolute Gasteiger partial charge is 0.354 e. The van der Waals surface area contributed by atoms with E-state index < -0.39 is 0 Å². The van der Waals surface area contributed by atoms with Crippen LogP contribution in [0, 0.1) is 5.92 Å². The fraction of sp³-hybridized carbons (Fsp3) is 0.429. The molecule has 0 spiro atoms. The van der Waals surface area contributed by atoms with E-state index in [4.69, 9.17) is 11.6 Å². The van der Waals surface area contributed by atoms with Crippen molar-refractivity contribution in [1.29, 1.82) is 0 Å². The van der Waals surface area contributed by atoms with Crippen LogP contribution in [0.1, 0.15) is 20.3 Å². The van der Waals surface area contributed by atoms with Crippen LogP contribution in [0.3, 0.4) is 0 Å². The summed E-state index contributed by atoms with van der Waals surface area (Å²) in [6.07, 6.45) is 0.949. The highest BCUT2D eigenvalue weighted by atomic mass is 35.5. The van der Waals surface area contributed by atoms with Gasteiger partial charge in [-0.1, -0.05) is 37.6 Å². The van der Waals surface area contributed by atoms with E-state index in [9.17, 15) is 4.79 Å². The minimum atomic E-state index is -0.120. The van der Waals surface area contributed by atoms with Gasteiger partial charge in [0.25, 0.3) is 0 Å². The van der Waals surface area contributed by atoms with Crippen LogP contribution >= 0.6 is 11.6 Å². The number of hydrogen-bond donors (Lipinski definition) is 1. The lowest BCUT2D eigenvalue weighted by Gasteiger charge is -2.06. The number of amides is 1. The molecule has 7 heteroatoms. The molecule has 2 rings (SSSR count). The molecule has 1 aromatic carbocycles. The SMILES string of the molecule is CC(C)CCNC(=O)Cn1nnc(-c2cccc(Cl)c2)n1. The molecule has 1 amide bonds. The van der Waals surface area contributed by atoms with Crippen molar-refractivity contribution in [3.63, 3.8) is 0 Å². The highest BCUT2D eigenvalue weighted by molar-refractivity contribution is 6.30. The quantitative estimate of drug-likeness (QED) is 0.887. The number of rotatable bonds is 6. The molecule has 112 valence electrons. The van der Waals surface area contributed by atoms with Crippen LogP contribution in [-0.2, 0) is 11.3 Å². The normalized spacial score (nSPS) is 10.9. The number of tetrazole rings is 1. The van der Waals surface area contributed by atoms with Crippen molar-refractivity contribution in [2.45, 2.75) is 26.8 Å². The zero-order chi connectivity index (χ0) is 15.2. The summed E-state index contributed by atoms with van der Waals surface area (Å²) >= 11 is 5.92. The Labute approximate surface area is 128 Å². The van der Waals surface area contributed by atoms with E-state index in [2.05, 4.69) is 34.6 Å². The van der Waals surface area contributed by atoms with E-state index in [1.165, 1.54) is 4.80 Å². The molecule has 2 aromatic rings. The molecule has 0 saturated heterocycles. The third kappa shape index (κ3) is 4.82. The Morgan fingerprint density at radius 2 is 2.24 bits per heavy atom. The molecule has 0 unspecified atom stereocenters. The summed E-state index contributed by atoms with van der Waals surface area (Å²) < 4.78 is 0. The van der Waals surface area contributed by atoms with Crippen LogP contribution in [0.2, 0.25) is 5.02 Å². The molecule has 0 saturated carbocycles. The molecular weight excluding hydrogens is 290 g/mol. The van der Waals surface area contributed by atoms with Crippen LogP contribution in [0.15, 0.2) is 24.3 Å². The smallest absolute Gasteiger partial charge is 0.243 e. The fourth-order valence-electron chi connectivity index (χ4n) is 1.74. The van der Waals surface area contributed by atoms with Gasteiger partial charge in [-0.15, -0.1) is 10.2 Å². The summed E-state index contributed by atoms with van der Waals surface area (Å²) in [5, 5.41) is 15.4. The van der Waals surface area contributed by atoms with Crippen LogP contribution < -0.4 is 5.32 Å². The molecule has 0 aliphatic heterocycles. The van der Waals surface area contributed by atoms with Gasteiger partial charge in [0, 0.05) is 17.1 Å². The number of carbonyl (C=O) groups excluding carboxylic acids is 1. The number of aromatic nitrogens is 4. The molecule has 1 heterocycles. The van der Waals surface area contributed by atoms with Crippen LogP contribution in [0.25, 0.3) is 11.4 Å². The molecule has 1 aromatic heterocycles. The Balaban J connectivity index is 1.93. The minimum absolute atomic E-state index is 0.0612. The van der Waals surface area contributed by atoms with Crippen molar-refractivity contribution in [2.24, 2.45) is 5.92 Å². The molecule has 1 N–H and O–H groups in total. The van der Waals surface area contributed by atoms with Crippen molar-refractivity contribution in [2.75, 3.05) is 6.54 Å². The van der Waals surface area contributed by atoms with Crippen molar-refractivity contribution >= 4 is 17.5 Å². The lowest BCUT2D eigenvalue weighted by atomic mass is 10.1. The zero-order valence-electron chi connectivity index (χ0n) is 12.1. The van der Waals surface area contributed by atoms with E-state index in [0.717, 1.165) is 12.0 Å². The van der Waals surface area contributed by atoms with Gasteiger partial charge in [0.1, 0.15) is 6.54 Å². The molecular formula is C14H18ClN5O. The molecule has 0 aliphatic carbocycles. The second-order valence-corrected chi connectivity index (χ2v) is 5.62. The average Bonchev–Trinajstić information content (AvgIpc) is 2.86. The Bertz CT molecular complexity index is 611. The van der Waals surface area contributed by atoms with Gasteiger partial charge in [0.05, 0.1) is 0 Å². The molecule has 0 fully saturated rings. The Morgan fingerprint density at radius 1 is 1.43 bits per heavy atom. The van der Waals surface area contributed by atoms with Crippen LogP contribution in [-0.4, -0.2) is 32.7 Å². The monoisotopic (exact) mass is 307 g/mol. The second-order valence-electron chi connectivity index (χ2n) is 5.19. The highest BCUT2D eigenvalue weighted by Crippen LogP contribution is 2.18. The van der Waals surface area contributed by atoms with Gasteiger partial charge in [-0.3, -0.25) is 4.79 Å². The number of halogens is 1. The van der Waals surface area contributed by atoms with E-state index in [1.54, 1.807) is 12.1 Å². The lowest BCUT2D eigenvalue weighted by Crippen LogP contribution is -2.29. The van der Waals surface area contributed by atoms with E-state index in [1.807, 2.05) is 12.1 Å². The number of nitrogens with one attached hydrogen (secondary N) is 1. The maximum absolute atomic E-state index is 11.7. The van der Waals surface area contributed by atoms with E-state index in [0.29, 0.717) is 23.3 Å². The molecule has 0 radical (unpaired) electrons. The number of nitrogens with zero attached hydrogens (tertiary/aromatic N) is 4. The first kappa shape index (κ1) is 15.4. The number of carbonyl (C=O) groups is 1. The van der Waals surface area contributed by atoms with Crippen LogP contribution in [0.5, 0.6) is 0 Å². The van der Waals surface area contributed by atoms with Gasteiger partial charge in [-0.25, -0.2) is 0 Å². The topological polar surface area (TPSA) is 72.7 Å². The maximum Gasteiger partial charge on any atom is 0.243 e. The lowest BCUT2D eigenvalue weighted by molar-refractivity contribution is -0.122.